The van der Waals surface area contributed by atoms with Gasteiger partial charge in [0.05, 0.1) is 11.5 Å². The first-order valence-electron chi connectivity index (χ1n) is 6.77. The number of rotatable bonds is 0. The molecule has 0 N–H and O–H groups in total. The molecular formula is C17H14O3. The third-order valence-electron chi connectivity index (χ3n) is 3.99. The van der Waals surface area contributed by atoms with Crippen molar-refractivity contribution in [2.75, 3.05) is 6.61 Å². The van der Waals surface area contributed by atoms with E-state index in [1.807, 2.05) is 49.4 Å². The zero-order valence-corrected chi connectivity index (χ0v) is 11.1. The standard InChI is InChI=1S/C17H14O3/c1-10-6-7-13-12(8-10)16-15(9-19-13)20-14-5-3-2-4-11(14)17(16)18/h2-8,15-16H,9H2,1H3. The molecule has 2 aliphatic heterocycles. The summed E-state index contributed by atoms with van der Waals surface area (Å²) in [6.45, 7) is 2.44. The van der Waals surface area contributed by atoms with Crippen molar-refractivity contribution in [3.63, 3.8) is 0 Å². The molecule has 0 bridgehead atoms. The number of hydrogen-bond donors (Lipinski definition) is 0. The molecule has 2 atom stereocenters. The van der Waals surface area contributed by atoms with E-state index in [4.69, 9.17) is 9.47 Å². The van der Waals surface area contributed by atoms with Crippen LogP contribution in [0.25, 0.3) is 0 Å². The Labute approximate surface area is 117 Å². The lowest BCUT2D eigenvalue weighted by Gasteiger charge is -2.36. The summed E-state index contributed by atoms with van der Waals surface area (Å²) in [7, 11) is 0. The van der Waals surface area contributed by atoms with Gasteiger partial charge in [-0.3, -0.25) is 4.79 Å². The lowest BCUT2D eigenvalue weighted by molar-refractivity contribution is 0.0560. The van der Waals surface area contributed by atoms with Gasteiger partial charge in [0.25, 0.3) is 0 Å². The summed E-state index contributed by atoms with van der Waals surface area (Å²) in [6, 6.07) is 13.4. The molecule has 4 rings (SSSR count). The molecule has 100 valence electrons. The summed E-state index contributed by atoms with van der Waals surface area (Å²) in [6.07, 6.45) is -0.230. The average molecular weight is 266 g/mol. The van der Waals surface area contributed by atoms with E-state index in [1.165, 1.54) is 0 Å². The largest absolute Gasteiger partial charge is 0.489 e. The number of ether oxygens (including phenoxy) is 2. The number of aryl methyl sites for hydroxylation is 1. The lowest BCUT2D eigenvalue weighted by Crippen LogP contribution is -2.42. The highest BCUT2D eigenvalue weighted by atomic mass is 16.5. The minimum atomic E-state index is -0.256. The molecule has 0 aliphatic carbocycles. The van der Waals surface area contributed by atoms with E-state index in [0.717, 1.165) is 16.9 Å². The van der Waals surface area contributed by atoms with Gasteiger partial charge in [0.2, 0.25) is 0 Å². The second-order valence-electron chi connectivity index (χ2n) is 5.35. The maximum Gasteiger partial charge on any atom is 0.178 e. The van der Waals surface area contributed by atoms with Gasteiger partial charge in [0, 0.05) is 5.56 Å². The first kappa shape index (κ1) is 11.5. The summed E-state index contributed by atoms with van der Waals surface area (Å²) in [4.78, 5) is 12.8. The first-order chi connectivity index (χ1) is 9.74. The van der Waals surface area contributed by atoms with Crippen LogP contribution < -0.4 is 9.47 Å². The monoisotopic (exact) mass is 266 g/mol. The van der Waals surface area contributed by atoms with Gasteiger partial charge in [-0.15, -0.1) is 0 Å². The molecule has 20 heavy (non-hydrogen) atoms. The van der Waals surface area contributed by atoms with Crippen LogP contribution in [0.1, 0.15) is 27.4 Å². The maximum atomic E-state index is 12.8. The third kappa shape index (κ3) is 1.56. The van der Waals surface area contributed by atoms with Gasteiger partial charge >= 0.3 is 0 Å². The van der Waals surface area contributed by atoms with Gasteiger partial charge < -0.3 is 9.47 Å². The van der Waals surface area contributed by atoms with Gasteiger partial charge in [-0.1, -0.05) is 29.8 Å². The van der Waals surface area contributed by atoms with E-state index in [0.29, 0.717) is 17.9 Å². The van der Waals surface area contributed by atoms with Crippen LogP contribution in [0.15, 0.2) is 42.5 Å². The van der Waals surface area contributed by atoms with Crippen molar-refractivity contribution >= 4 is 5.78 Å². The van der Waals surface area contributed by atoms with Crippen molar-refractivity contribution in [2.24, 2.45) is 0 Å². The first-order valence-corrected chi connectivity index (χ1v) is 6.77. The maximum absolute atomic E-state index is 12.8. The molecule has 2 heterocycles. The molecule has 0 fully saturated rings. The molecule has 0 saturated heterocycles. The minimum absolute atomic E-state index is 0.131. The Hall–Kier alpha value is -2.29. The summed E-state index contributed by atoms with van der Waals surface area (Å²) in [5.41, 5.74) is 2.74. The average Bonchev–Trinajstić information content (AvgIpc) is 2.47. The number of hydrogen-bond acceptors (Lipinski definition) is 3. The van der Waals surface area contributed by atoms with Crippen molar-refractivity contribution in [1.82, 2.24) is 0 Å². The second-order valence-corrected chi connectivity index (χ2v) is 5.35. The highest BCUT2D eigenvalue weighted by Gasteiger charge is 2.42. The quantitative estimate of drug-likeness (QED) is 0.735. The molecule has 2 unspecified atom stereocenters. The van der Waals surface area contributed by atoms with E-state index in [9.17, 15) is 4.79 Å². The fourth-order valence-electron chi connectivity index (χ4n) is 3.03. The van der Waals surface area contributed by atoms with E-state index in [2.05, 4.69) is 0 Å². The molecule has 3 nitrogen and oxygen atoms in total. The summed E-state index contributed by atoms with van der Waals surface area (Å²) < 4.78 is 11.7. The molecule has 2 aliphatic rings. The van der Waals surface area contributed by atoms with Crippen molar-refractivity contribution in [1.29, 1.82) is 0 Å². The van der Waals surface area contributed by atoms with Crippen molar-refractivity contribution < 1.29 is 14.3 Å². The molecular weight excluding hydrogens is 252 g/mol. The van der Waals surface area contributed by atoms with E-state index < -0.39 is 0 Å². The number of ketones is 1. The van der Waals surface area contributed by atoms with Crippen molar-refractivity contribution in [3.05, 3.63) is 59.2 Å². The number of Topliss-reactive ketones (excluding diaryl/α,β-unsaturated/α-hetero) is 1. The van der Waals surface area contributed by atoms with Crippen molar-refractivity contribution in [2.45, 2.75) is 18.9 Å². The highest BCUT2D eigenvalue weighted by molar-refractivity contribution is 6.05. The van der Waals surface area contributed by atoms with Crippen molar-refractivity contribution in [3.8, 4) is 11.5 Å². The Morgan fingerprint density at radius 2 is 1.95 bits per heavy atom. The minimum Gasteiger partial charge on any atom is -0.489 e. The Kier molecular flexibility index (Phi) is 2.36. The van der Waals surface area contributed by atoms with Gasteiger partial charge in [-0.05, 0) is 25.1 Å². The highest BCUT2D eigenvalue weighted by Crippen LogP contribution is 2.42. The molecule has 0 radical (unpaired) electrons. The summed E-state index contributed by atoms with van der Waals surface area (Å²) in [5.74, 6) is 1.34. The van der Waals surface area contributed by atoms with Crippen LogP contribution in [0.2, 0.25) is 0 Å². The fourth-order valence-corrected chi connectivity index (χ4v) is 3.03. The Bertz CT molecular complexity index is 705. The van der Waals surface area contributed by atoms with Gasteiger partial charge in [-0.2, -0.15) is 0 Å². The molecule has 2 aromatic rings. The van der Waals surface area contributed by atoms with Gasteiger partial charge in [0.15, 0.2) is 5.78 Å². The third-order valence-corrected chi connectivity index (χ3v) is 3.99. The number of fused-ring (bicyclic) bond motifs is 4. The van der Waals surface area contributed by atoms with E-state index >= 15 is 0 Å². The molecule has 2 aromatic carbocycles. The van der Waals surface area contributed by atoms with Crippen LogP contribution in [0.3, 0.4) is 0 Å². The SMILES string of the molecule is Cc1ccc2c(c1)C1C(=O)c3ccccc3OC1CO2. The van der Waals surface area contributed by atoms with E-state index in [1.54, 1.807) is 0 Å². The van der Waals surface area contributed by atoms with Crippen LogP contribution in [-0.4, -0.2) is 18.5 Å². The Morgan fingerprint density at radius 3 is 2.85 bits per heavy atom. The topological polar surface area (TPSA) is 35.5 Å². The van der Waals surface area contributed by atoms with Crippen LogP contribution in [0, 0.1) is 6.92 Å². The normalized spacial score (nSPS) is 22.9. The molecule has 0 saturated carbocycles. The number of benzene rings is 2. The smallest absolute Gasteiger partial charge is 0.178 e. The molecule has 0 amide bonds. The van der Waals surface area contributed by atoms with Gasteiger partial charge in [-0.25, -0.2) is 0 Å². The lowest BCUT2D eigenvalue weighted by atomic mass is 9.82. The number of carbonyl (C=O) groups is 1. The summed E-state index contributed by atoms with van der Waals surface area (Å²) >= 11 is 0. The number of para-hydroxylation sites is 1. The predicted molar refractivity (Wildman–Crippen MR) is 74.6 cm³/mol. The number of carbonyl (C=O) groups excluding carboxylic acids is 1. The van der Waals surface area contributed by atoms with Crippen LogP contribution in [-0.2, 0) is 0 Å². The predicted octanol–water partition coefficient (Wildman–Crippen LogP) is 3.11. The summed E-state index contributed by atoms with van der Waals surface area (Å²) in [5, 5.41) is 0. The molecule has 0 spiro atoms. The van der Waals surface area contributed by atoms with Crippen LogP contribution in [0.5, 0.6) is 11.5 Å². The van der Waals surface area contributed by atoms with Crippen LogP contribution >= 0.6 is 0 Å². The second kappa shape index (κ2) is 4.10. The molecule has 3 heteroatoms. The van der Waals surface area contributed by atoms with Crippen LogP contribution in [0.4, 0.5) is 0 Å². The fraction of sp³-hybridized carbons (Fsp3) is 0.235. The zero-order valence-electron chi connectivity index (χ0n) is 11.1. The van der Waals surface area contributed by atoms with E-state index in [-0.39, 0.29) is 17.8 Å². The molecule has 0 aromatic heterocycles. The Morgan fingerprint density at radius 1 is 1.10 bits per heavy atom. The van der Waals surface area contributed by atoms with Gasteiger partial charge in [0.1, 0.15) is 24.2 Å². The Balaban J connectivity index is 1.87. The zero-order chi connectivity index (χ0) is 13.7.